The van der Waals surface area contributed by atoms with Crippen molar-refractivity contribution in [1.29, 1.82) is 16.2 Å². The molecule has 4 aliphatic carbocycles. The Balaban J connectivity index is 0.000000135. The first kappa shape index (κ1) is 71.5. The van der Waals surface area contributed by atoms with Gasteiger partial charge in [0.1, 0.15) is 34.0 Å². The number of benzene rings is 7. The molecule has 0 amide bonds. The zero-order chi connectivity index (χ0) is 68.4. The fraction of sp³-hybridized carbons (Fsp3) is 0.250. The summed E-state index contributed by atoms with van der Waals surface area (Å²) in [7, 11) is 0. The van der Waals surface area contributed by atoms with Gasteiger partial charge in [-0.25, -0.2) is 4.98 Å². The molecule has 0 unspecified atom stereocenters. The molecule has 11 aromatic rings. The minimum Gasteiger partial charge on any atom is -0.399 e. The number of hydrogen-bond acceptors (Lipinski definition) is 13. The van der Waals surface area contributed by atoms with E-state index >= 15 is 0 Å². The highest BCUT2D eigenvalue weighted by Gasteiger charge is 2.24. The van der Waals surface area contributed by atoms with Crippen molar-refractivity contribution in [2.45, 2.75) is 89.9 Å². The fourth-order valence-electron chi connectivity index (χ4n) is 10.3. The first-order chi connectivity index (χ1) is 46.9. The van der Waals surface area contributed by atoms with Gasteiger partial charge in [-0.3, -0.25) is 31.2 Å². The summed E-state index contributed by atoms with van der Waals surface area (Å²) in [5, 5.41) is 49.4. The summed E-state index contributed by atoms with van der Waals surface area (Å²) in [5.74, 6) is 3.74. The van der Waals surface area contributed by atoms with Gasteiger partial charge < -0.3 is 28.7 Å². The van der Waals surface area contributed by atoms with Crippen LogP contribution in [0.1, 0.15) is 104 Å². The molecular weight excluding hydrogens is 1490 g/mol. The van der Waals surface area contributed by atoms with Crippen LogP contribution in [0.5, 0.6) is 0 Å². The van der Waals surface area contributed by atoms with Crippen LogP contribution in [-0.2, 0) is 19.3 Å². The molecule has 0 saturated heterocycles. The lowest BCUT2D eigenvalue weighted by atomic mass is 10.1. The van der Waals surface area contributed by atoms with Crippen LogP contribution in [0.15, 0.2) is 221 Å². The molecule has 16 nitrogen and oxygen atoms in total. The maximum absolute atomic E-state index is 7.48. The van der Waals surface area contributed by atoms with Gasteiger partial charge in [0.25, 0.3) is 0 Å². The number of nitrogens with zero attached hydrogens (tertiary/aromatic N) is 8. The zero-order valence-corrected chi connectivity index (χ0v) is 60.7. The van der Waals surface area contributed by atoms with E-state index in [-0.39, 0.29) is 17.5 Å². The molecule has 97 heavy (non-hydrogen) atoms. The number of nitrogen functional groups attached to an aromatic ring is 4. The molecule has 7 aromatic carbocycles. The zero-order valence-electron chi connectivity index (χ0n) is 53.6. The Bertz CT molecular complexity index is 4410. The smallest absolute Gasteiger partial charge is 0.129 e. The SMILES string of the molecule is Brc1ccc2cnc(CCC3CC3)cc2c1.Clc1cc2cc(Br)ccc2cn1.N=C(N)c1ccc(N)cc1.N=C(N)c1ccc(N=Nc2c(CCC3CC3)ncc3ccc(Br)cc23)cc1.N=C(N)c1ccc(N=Nc2c(CCC3CC3)ncc3ccc(Br)cc23)cc1.NCC1CC1. The molecule has 0 bridgehead atoms. The Labute approximate surface area is 604 Å². The Morgan fingerprint density at radius 3 is 1.15 bits per heavy atom. The van der Waals surface area contributed by atoms with Crippen LogP contribution >= 0.6 is 75.3 Å². The summed E-state index contributed by atoms with van der Waals surface area (Å²) in [6.45, 7) is 0.917. The molecule has 496 valence electrons. The lowest BCUT2D eigenvalue weighted by Gasteiger charge is -2.08. The normalized spacial score (nSPS) is 13.9. The van der Waals surface area contributed by atoms with Gasteiger partial charge in [0.05, 0.1) is 22.8 Å². The number of aromatic nitrogens is 4. The number of nitrogens with one attached hydrogen (secondary N) is 3. The summed E-state index contributed by atoms with van der Waals surface area (Å²) < 4.78 is 4.21. The van der Waals surface area contributed by atoms with Crippen LogP contribution in [0.3, 0.4) is 0 Å². The van der Waals surface area contributed by atoms with E-state index in [9.17, 15) is 0 Å². The van der Waals surface area contributed by atoms with E-state index in [0.717, 1.165) is 147 Å². The van der Waals surface area contributed by atoms with Crippen LogP contribution in [-0.4, -0.2) is 44.0 Å². The number of nitrogens with two attached hydrogens (primary N) is 5. The second-order valence-corrected chi connectivity index (χ2v) is 28.8. The lowest BCUT2D eigenvalue weighted by Crippen LogP contribution is -2.10. The van der Waals surface area contributed by atoms with Crippen LogP contribution in [0.2, 0.25) is 5.15 Å². The average molecular weight is 1570 g/mol. The van der Waals surface area contributed by atoms with Gasteiger partial charge in [-0.2, -0.15) is 10.2 Å². The standard InChI is InChI=1S/2C21H20BrN5.C14H14BrN.C9H5BrClN.C7H9N3.C4H9N/c2*22-16-7-4-15-12-25-19(10-3-13-1-2-13)20(18(15)11-16)27-26-17-8-5-14(6-9-17)21(23)24;15-13-5-4-11-9-16-14(8-12(11)7-13)6-3-10-1-2-10;10-8-2-1-6-5-12-9(11)4-7(6)3-8;8-6-3-1-5(2-4-6)7(9)10;5-3-4-1-2-4/h2*4-9,11-13H,1-3,10H2,(H3,23,24);4-5,7-10H,1-3,6H2;1-5H;1-4H,8H2,(H3,9,10);4H,1-3,5H2. The first-order valence-electron chi connectivity index (χ1n) is 32.4. The van der Waals surface area contributed by atoms with Gasteiger partial charge in [0, 0.05) is 103 Å². The molecule has 0 spiro atoms. The van der Waals surface area contributed by atoms with Crippen LogP contribution < -0.4 is 28.7 Å². The number of amidine groups is 3. The minimum absolute atomic E-state index is 0.0453. The molecule has 15 rings (SSSR count). The van der Waals surface area contributed by atoms with E-state index in [1.165, 1.54) is 74.3 Å². The molecule has 0 atom stereocenters. The van der Waals surface area contributed by atoms with E-state index in [1.54, 1.807) is 54.7 Å². The maximum atomic E-state index is 7.48. The summed E-state index contributed by atoms with van der Waals surface area (Å²) in [6.07, 6.45) is 25.2. The highest BCUT2D eigenvalue weighted by molar-refractivity contribution is 9.11. The number of anilines is 1. The molecule has 4 saturated carbocycles. The van der Waals surface area contributed by atoms with Crippen molar-refractivity contribution in [3.8, 4) is 0 Å². The molecule has 0 radical (unpaired) electrons. The lowest BCUT2D eigenvalue weighted by molar-refractivity contribution is 0.715. The third-order valence-electron chi connectivity index (χ3n) is 16.8. The highest BCUT2D eigenvalue weighted by atomic mass is 79.9. The van der Waals surface area contributed by atoms with Crippen LogP contribution in [0.25, 0.3) is 43.1 Å². The fourth-order valence-corrected chi connectivity index (χ4v) is 11.9. The van der Waals surface area contributed by atoms with Gasteiger partial charge in [0.15, 0.2) is 0 Å². The number of aryl methyl sites for hydroxylation is 3. The van der Waals surface area contributed by atoms with Crippen molar-refractivity contribution in [3.05, 3.63) is 239 Å². The Hall–Kier alpha value is -8.24. The molecule has 13 N–H and O–H groups in total. The minimum atomic E-state index is 0.0453. The number of hydrogen-bond donors (Lipinski definition) is 8. The van der Waals surface area contributed by atoms with Crippen LogP contribution in [0, 0.1) is 39.9 Å². The van der Waals surface area contributed by atoms with Gasteiger partial charge in [0.2, 0.25) is 0 Å². The molecule has 4 aromatic heterocycles. The Kier molecular flexibility index (Phi) is 25.7. The maximum Gasteiger partial charge on any atom is 0.129 e. The molecule has 4 heterocycles. The van der Waals surface area contributed by atoms with Crippen molar-refractivity contribution in [3.63, 3.8) is 0 Å². The Morgan fingerprint density at radius 2 is 0.763 bits per heavy atom. The molecule has 4 fully saturated rings. The number of fused-ring (bicyclic) bond motifs is 4. The molecule has 21 heteroatoms. The summed E-state index contributed by atoms with van der Waals surface area (Å²) in [4.78, 5) is 17.9. The Morgan fingerprint density at radius 1 is 0.402 bits per heavy atom. The summed E-state index contributed by atoms with van der Waals surface area (Å²) in [6, 6.07) is 49.9. The van der Waals surface area contributed by atoms with Gasteiger partial charge in [-0.05, 0) is 226 Å². The number of pyridine rings is 4. The largest absolute Gasteiger partial charge is 0.399 e. The molecule has 4 aliphatic rings. The van der Waals surface area contributed by atoms with Crippen molar-refractivity contribution >= 4 is 164 Å². The summed E-state index contributed by atoms with van der Waals surface area (Å²) in [5.41, 5.74) is 36.0. The highest BCUT2D eigenvalue weighted by Crippen LogP contribution is 2.40. The average Bonchev–Trinajstić information content (AvgIpc) is 1.79. The topological polar surface area (TPSA) is 303 Å². The van der Waals surface area contributed by atoms with Crippen molar-refractivity contribution in [1.82, 2.24) is 19.9 Å². The molecule has 0 aliphatic heterocycles. The number of azo groups is 2. The second kappa shape index (κ2) is 34.8. The van der Waals surface area contributed by atoms with E-state index in [1.807, 2.05) is 91.4 Å². The van der Waals surface area contributed by atoms with Gasteiger partial charge >= 0.3 is 0 Å². The molecular formula is C76H77Br4ClN16. The first-order valence-corrected chi connectivity index (χ1v) is 36.0. The second-order valence-electron chi connectivity index (χ2n) is 24.7. The monoisotopic (exact) mass is 1560 g/mol. The van der Waals surface area contributed by atoms with Crippen LogP contribution in [0.4, 0.5) is 28.4 Å². The summed E-state index contributed by atoms with van der Waals surface area (Å²) >= 11 is 19.8. The predicted molar refractivity (Wildman–Crippen MR) is 413 cm³/mol. The van der Waals surface area contributed by atoms with E-state index in [0.29, 0.717) is 27.5 Å². The van der Waals surface area contributed by atoms with E-state index < -0.39 is 0 Å². The predicted octanol–water partition coefficient (Wildman–Crippen LogP) is 21.0. The van der Waals surface area contributed by atoms with E-state index in [2.05, 4.69) is 141 Å². The number of rotatable bonds is 17. The van der Waals surface area contributed by atoms with Gasteiger partial charge in [-0.15, -0.1) is 10.2 Å². The van der Waals surface area contributed by atoms with Crippen molar-refractivity contribution in [2.24, 2.45) is 67.1 Å². The van der Waals surface area contributed by atoms with E-state index in [4.69, 9.17) is 56.5 Å². The van der Waals surface area contributed by atoms with Crippen molar-refractivity contribution in [2.75, 3.05) is 12.3 Å². The van der Waals surface area contributed by atoms with Crippen molar-refractivity contribution < 1.29 is 0 Å². The number of halogens is 5. The van der Waals surface area contributed by atoms with Gasteiger partial charge in [-0.1, -0.05) is 138 Å². The third kappa shape index (κ3) is 22.7. The quantitative estimate of drug-likeness (QED) is 0.0141. The third-order valence-corrected chi connectivity index (χ3v) is 19.0.